The number of ether oxygens (including phenoxy) is 2. The molecule has 0 radical (unpaired) electrons. The van der Waals surface area contributed by atoms with Crippen molar-refractivity contribution < 1.29 is 19.4 Å². The molecule has 1 aromatic rings. The van der Waals surface area contributed by atoms with Gasteiger partial charge in [0.15, 0.2) is 5.75 Å². The number of hydrogen-bond donors (Lipinski definition) is 1. The van der Waals surface area contributed by atoms with Gasteiger partial charge in [0, 0.05) is 6.61 Å². The van der Waals surface area contributed by atoms with Crippen molar-refractivity contribution >= 4 is 17.6 Å². The lowest BCUT2D eigenvalue weighted by molar-refractivity contribution is 0.0630. The predicted molar refractivity (Wildman–Crippen MR) is 62.9 cm³/mol. The average Bonchev–Trinajstić information content (AvgIpc) is 2.80. The van der Waals surface area contributed by atoms with Crippen LogP contribution in [0, 0.1) is 0 Å². The third-order valence-electron chi connectivity index (χ3n) is 2.63. The normalized spacial score (nSPS) is 19.2. The van der Waals surface area contributed by atoms with Crippen LogP contribution in [0.3, 0.4) is 0 Å². The van der Waals surface area contributed by atoms with Crippen molar-refractivity contribution in [2.45, 2.75) is 18.9 Å². The van der Waals surface area contributed by atoms with Gasteiger partial charge in [0.25, 0.3) is 0 Å². The number of aromatic carboxylic acids is 1. The monoisotopic (exact) mass is 256 g/mol. The van der Waals surface area contributed by atoms with Crippen LogP contribution in [0.4, 0.5) is 0 Å². The highest BCUT2D eigenvalue weighted by atomic mass is 35.5. The highest BCUT2D eigenvalue weighted by molar-refractivity contribution is 6.32. The van der Waals surface area contributed by atoms with Crippen LogP contribution in [0.5, 0.6) is 5.75 Å². The molecule has 1 aliphatic heterocycles. The van der Waals surface area contributed by atoms with Crippen molar-refractivity contribution in [1.29, 1.82) is 0 Å². The van der Waals surface area contributed by atoms with Crippen molar-refractivity contribution in [3.8, 4) is 5.75 Å². The Bertz CT molecular complexity index is 413. The zero-order valence-electron chi connectivity index (χ0n) is 9.19. The minimum Gasteiger partial charge on any atom is -0.488 e. The van der Waals surface area contributed by atoms with Crippen molar-refractivity contribution in [2.24, 2.45) is 0 Å². The number of para-hydroxylation sites is 1. The molecular formula is C12H13ClO4. The van der Waals surface area contributed by atoms with Crippen molar-refractivity contribution in [3.05, 3.63) is 28.8 Å². The minimum absolute atomic E-state index is 0.0351. The molecule has 2 rings (SSSR count). The fraction of sp³-hybridized carbons (Fsp3) is 0.417. The molecule has 1 saturated heterocycles. The summed E-state index contributed by atoms with van der Waals surface area (Å²) in [5, 5.41) is 9.32. The summed E-state index contributed by atoms with van der Waals surface area (Å²) in [7, 11) is 0. The summed E-state index contributed by atoms with van der Waals surface area (Å²) in [6, 6.07) is 4.67. The maximum absolute atomic E-state index is 11.0. The van der Waals surface area contributed by atoms with E-state index in [1.54, 1.807) is 12.1 Å². The lowest BCUT2D eigenvalue weighted by Gasteiger charge is -2.14. The summed E-state index contributed by atoms with van der Waals surface area (Å²) in [5.74, 6) is -0.827. The third kappa shape index (κ3) is 2.90. The van der Waals surface area contributed by atoms with Crippen LogP contribution in [0.1, 0.15) is 23.2 Å². The first-order chi connectivity index (χ1) is 8.18. The second-order valence-corrected chi connectivity index (χ2v) is 4.27. The molecule has 0 amide bonds. The largest absolute Gasteiger partial charge is 0.488 e. The molecule has 0 spiro atoms. The number of carboxylic acid groups (broad SMARTS) is 1. The van der Waals surface area contributed by atoms with Crippen molar-refractivity contribution in [3.63, 3.8) is 0 Å². The molecular weight excluding hydrogens is 244 g/mol. The van der Waals surface area contributed by atoms with E-state index < -0.39 is 5.97 Å². The van der Waals surface area contributed by atoms with E-state index in [4.69, 9.17) is 26.2 Å². The number of rotatable bonds is 4. The minimum atomic E-state index is -1.05. The Balaban J connectivity index is 2.10. The number of halogens is 1. The van der Waals surface area contributed by atoms with Crippen LogP contribution in [-0.2, 0) is 4.74 Å². The fourth-order valence-corrected chi connectivity index (χ4v) is 2.01. The first-order valence-corrected chi connectivity index (χ1v) is 5.82. The standard InChI is InChI=1S/C12H13ClO4/c13-10-5-1-4-9(12(14)15)11(10)17-7-8-3-2-6-16-8/h1,4-5,8H,2-3,6-7H2,(H,14,15). The van der Waals surface area contributed by atoms with Gasteiger partial charge in [-0.1, -0.05) is 17.7 Å². The second kappa shape index (κ2) is 5.38. The van der Waals surface area contributed by atoms with Gasteiger partial charge >= 0.3 is 5.97 Å². The molecule has 1 fully saturated rings. The van der Waals surface area contributed by atoms with Gasteiger partial charge in [-0.3, -0.25) is 0 Å². The van der Waals surface area contributed by atoms with Crippen LogP contribution >= 0.6 is 11.6 Å². The van der Waals surface area contributed by atoms with E-state index in [1.807, 2.05) is 0 Å². The zero-order chi connectivity index (χ0) is 12.3. The lowest BCUT2D eigenvalue weighted by Crippen LogP contribution is -2.17. The molecule has 0 aliphatic carbocycles. The van der Waals surface area contributed by atoms with E-state index in [0.29, 0.717) is 11.6 Å². The third-order valence-corrected chi connectivity index (χ3v) is 2.93. The van der Waals surface area contributed by atoms with Crippen LogP contribution in [0.2, 0.25) is 5.02 Å². The molecule has 1 unspecified atom stereocenters. The van der Waals surface area contributed by atoms with E-state index in [-0.39, 0.29) is 17.4 Å². The molecule has 17 heavy (non-hydrogen) atoms. The molecule has 5 heteroatoms. The number of benzene rings is 1. The second-order valence-electron chi connectivity index (χ2n) is 3.87. The predicted octanol–water partition coefficient (Wildman–Crippen LogP) is 2.60. The molecule has 0 bridgehead atoms. The molecule has 0 aromatic heterocycles. The van der Waals surface area contributed by atoms with Crippen LogP contribution < -0.4 is 4.74 Å². The Labute approximate surface area is 104 Å². The number of carbonyl (C=O) groups is 1. The Morgan fingerprint density at radius 3 is 3.06 bits per heavy atom. The lowest BCUT2D eigenvalue weighted by atomic mass is 10.2. The van der Waals surface area contributed by atoms with Crippen LogP contribution in [0.15, 0.2) is 18.2 Å². The molecule has 1 aromatic carbocycles. The topological polar surface area (TPSA) is 55.8 Å². The molecule has 4 nitrogen and oxygen atoms in total. The average molecular weight is 257 g/mol. The molecule has 0 saturated carbocycles. The first-order valence-electron chi connectivity index (χ1n) is 5.44. The summed E-state index contributed by atoms with van der Waals surface area (Å²) < 4.78 is 10.9. The van der Waals surface area contributed by atoms with Gasteiger partial charge < -0.3 is 14.6 Å². The van der Waals surface area contributed by atoms with Gasteiger partial charge in [-0.25, -0.2) is 4.79 Å². The molecule has 1 N–H and O–H groups in total. The number of hydrogen-bond acceptors (Lipinski definition) is 3. The van der Waals surface area contributed by atoms with E-state index in [9.17, 15) is 4.79 Å². The van der Waals surface area contributed by atoms with Gasteiger partial charge in [-0.05, 0) is 25.0 Å². The highest BCUT2D eigenvalue weighted by Crippen LogP contribution is 2.29. The van der Waals surface area contributed by atoms with Gasteiger partial charge in [0.1, 0.15) is 12.2 Å². The quantitative estimate of drug-likeness (QED) is 0.900. The van der Waals surface area contributed by atoms with Crippen LogP contribution in [0.25, 0.3) is 0 Å². The van der Waals surface area contributed by atoms with Crippen molar-refractivity contribution in [1.82, 2.24) is 0 Å². The summed E-state index contributed by atoms with van der Waals surface area (Å²) in [5.41, 5.74) is 0.0792. The number of carboxylic acids is 1. The summed E-state index contributed by atoms with van der Waals surface area (Å²) in [6.07, 6.45) is 1.99. The maximum Gasteiger partial charge on any atom is 0.339 e. The van der Waals surface area contributed by atoms with E-state index in [0.717, 1.165) is 19.4 Å². The maximum atomic E-state index is 11.0. The Kier molecular flexibility index (Phi) is 3.86. The van der Waals surface area contributed by atoms with Crippen LogP contribution in [-0.4, -0.2) is 30.4 Å². The van der Waals surface area contributed by atoms with Crippen molar-refractivity contribution in [2.75, 3.05) is 13.2 Å². The summed E-state index contributed by atoms with van der Waals surface area (Å²) >= 11 is 5.93. The van der Waals surface area contributed by atoms with Gasteiger partial charge in [0.05, 0.1) is 11.1 Å². The zero-order valence-corrected chi connectivity index (χ0v) is 9.94. The molecule has 1 aliphatic rings. The van der Waals surface area contributed by atoms with Gasteiger partial charge in [-0.15, -0.1) is 0 Å². The molecule has 1 atom stereocenters. The summed E-state index contributed by atoms with van der Waals surface area (Å²) in [4.78, 5) is 11.0. The molecule has 92 valence electrons. The van der Waals surface area contributed by atoms with Gasteiger partial charge in [0.2, 0.25) is 0 Å². The van der Waals surface area contributed by atoms with E-state index >= 15 is 0 Å². The Morgan fingerprint density at radius 1 is 1.59 bits per heavy atom. The Hall–Kier alpha value is -1.26. The van der Waals surface area contributed by atoms with Gasteiger partial charge in [-0.2, -0.15) is 0 Å². The van der Waals surface area contributed by atoms with E-state index in [2.05, 4.69) is 0 Å². The van der Waals surface area contributed by atoms with E-state index in [1.165, 1.54) is 6.07 Å². The smallest absolute Gasteiger partial charge is 0.339 e. The molecule has 1 heterocycles. The fourth-order valence-electron chi connectivity index (χ4n) is 1.78. The summed E-state index contributed by atoms with van der Waals surface area (Å²) in [6.45, 7) is 1.08. The first kappa shape index (κ1) is 12.2. The Morgan fingerprint density at radius 2 is 2.41 bits per heavy atom. The SMILES string of the molecule is O=C(O)c1cccc(Cl)c1OCC1CCCO1. The highest BCUT2D eigenvalue weighted by Gasteiger charge is 2.19.